The molecule has 0 fully saturated rings. The summed E-state index contributed by atoms with van der Waals surface area (Å²) in [6.45, 7) is 5.81. The first-order chi connectivity index (χ1) is 10.5. The van der Waals surface area contributed by atoms with Gasteiger partial charge in [0.2, 0.25) is 11.9 Å². The van der Waals surface area contributed by atoms with Gasteiger partial charge in [-0.15, -0.1) is 0 Å². The number of hydrogen-bond donors (Lipinski definition) is 2. The molecule has 0 saturated heterocycles. The van der Waals surface area contributed by atoms with E-state index in [-0.39, 0.29) is 17.8 Å². The number of nitrogen functional groups attached to an aromatic ring is 1. The van der Waals surface area contributed by atoms with E-state index in [9.17, 15) is 4.39 Å². The molecule has 3 N–H and O–H groups in total. The van der Waals surface area contributed by atoms with Crippen molar-refractivity contribution in [2.75, 3.05) is 11.1 Å². The van der Waals surface area contributed by atoms with Crippen LogP contribution in [0, 0.1) is 19.7 Å². The Labute approximate surface area is 130 Å². The number of nitrogens with two attached hydrogens (primary N) is 1. The van der Waals surface area contributed by atoms with E-state index in [1.807, 2.05) is 13.0 Å². The predicted octanol–water partition coefficient (Wildman–Crippen LogP) is 3.03. The minimum Gasteiger partial charge on any atom is -0.368 e. The Balaban J connectivity index is 2.01. The molecular weight excluding hydrogens is 281 g/mol. The van der Waals surface area contributed by atoms with Gasteiger partial charge in [-0.1, -0.05) is 24.6 Å². The highest BCUT2D eigenvalue weighted by Crippen LogP contribution is 2.16. The second-order valence-corrected chi connectivity index (χ2v) is 5.45. The maximum atomic E-state index is 13.8. The van der Waals surface area contributed by atoms with Crippen molar-refractivity contribution >= 4 is 11.9 Å². The zero-order chi connectivity index (χ0) is 16.1. The summed E-state index contributed by atoms with van der Waals surface area (Å²) in [5.41, 5.74) is 7.44. The van der Waals surface area contributed by atoms with Crippen LogP contribution in [0.25, 0.3) is 0 Å². The normalized spacial score (nSPS) is 12.2. The summed E-state index contributed by atoms with van der Waals surface area (Å²) in [6.07, 6.45) is 2.35. The topological polar surface area (TPSA) is 76.7 Å². The minimum absolute atomic E-state index is 0.152. The molecule has 1 aromatic heterocycles. The van der Waals surface area contributed by atoms with Crippen LogP contribution in [0.5, 0.6) is 0 Å². The van der Waals surface area contributed by atoms with Crippen molar-refractivity contribution in [3.05, 3.63) is 41.0 Å². The van der Waals surface area contributed by atoms with Crippen molar-refractivity contribution in [3.8, 4) is 0 Å². The summed E-state index contributed by atoms with van der Waals surface area (Å²) in [6, 6.07) is 5.36. The van der Waals surface area contributed by atoms with Crippen molar-refractivity contribution in [1.82, 2.24) is 15.0 Å². The molecule has 5 nitrogen and oxygen atoms in total. The van der Waals surface area contributed by atoms with E-state index in [4.69, 9.17) is 5.73 Å². The van der Waals surface area contributed by atoms with Gasteiger partial charge in [-0.05, 0) is 44.7 Å². The summed E-state index contributed by atoms with van der Waals surface area (Å²) in [5, 5.41) is 3.25. The van der Waals surface area contributed by atoms with Crippen LogP contribution in [0.2, 0.25) is 0 Å². The van der Waals surface area contributed by atoms with Gasteiger partial charge in [0, 0.05) is 6.04 Å². The van der Waals surface area contributed by atoms with Gasteiger partial charge in [0.25, 0.3) is 0 Å². The van der Waals surface area contributed by atoms with E-state index in [2.05, 4.69) is 27.2 Å². The van der Waals surface area contributed by atoms with E-state index in [0.717, 1.165) is 24.0 Å². The Morgan fingerprint density at radius 2 is 2.00 bits per heavy atom. The molecule has 0 bridgehead atoms. The Hall–Kier alpha value is -2.24. The van der Waals surface area contributed by atoms with Crippen molar-refractivity contribution in [3.63, 3.8) is 0 Å². The summed E-state index contributed by atoms with van der Waals surface area (Å²) in [7, 11) is 0. The van der Waals surface area contributed by atoms with Crippen LogP contribution < -0.4 is 11.1 Å². The summed E-state index contributed by atoms with van der Waals surface area (Å²) >= 11 is 0. The van der Waals surface area contributed by atoms with Gasteiger partial charge in [-0.25, -0.2) is 4.39 Å². The number of nitrogens with one attached hydrogen (secondary N) is 1. The van der Waals surface area contributed by atoms with E-state index in [1.165, 1.54) is 6.07 Å². The van der Waals surface area contributed by atoms with Crippen molar-refractivity contribution in [2.45, 2.75) is 46.1 Å². The molecule has 6 heteroatoms. The minimum atomic E-state index is -0.152. The molecule has 2 rings (SSSR count). The van der Waals surface area contributed by atoms with Gasteiger partial charge in [0.05, 0.1) is 0 Å². The smallest absolute Gasteiger partial charge is 0.227 e. The molecule has 0 aliphatic rings. The van der Waals surface area contributed by atoms with Crippen molar-refractivity contribution in [1.29, 1.82) is 0 Å². The Kier molecular flexibility index (Phi) is 5.25. The molecule has 0 saturated carbocycles. The number of aryl methyl sites for hydroxylation is 3. The molecule has 22 heavy (non-hydrogen) atoms. The molecule has 0 radical (unpaired) electrons. The average molecular weight is 303 g/mol. The Morgan fingerprint density at radius 1 is 1.23 bits per heavy atom. The highest BCUT2D eigenvalue weighted by molar-refractivity contribution is 5.32. The number of anilines is 2. The maximum Gasteiger partial charge on any atom is 0.227 e. The van der Waals surface area contributed by atoms with Crippen LogP contribution in [0.1, 0.15) is 36.7 Å². The highest BCUT2D eigenvalue weighted by Gasteiger charge is 2.11. The van der Waals surface area contributed by atoms with Crippen LogP contribution >= 0.6 is 0 Å². The lowest BCUT2D eigenvalue weighted by atomic mass is 10.0. The van der Waals surface area contributed by atoms with Crippen LogP contribution in [-0.4, -0.2) is 21.0 Å². The second kappa shape index (κ2) is 7.15. The van der Waals surface area contributed by atoms with E-state index in [0.29, 0.717) is 18.2 Å². The monoisotopic (exact) mass is 303 g/mol. The van der Waals surface area contributed by atoms with E-state index >= 15 is 0 Å². The molecule has 1 atom stereocenters. The fourth-order valence-corrected chi connectivity index (χ4v) is 2.35. The lowest BCUT2D eigenvalue weighted by Crippen LogP contribution is -2.22. The average Bonchev–Trinajstić information content (AvgIpc) is 2.45. The lowest BCUT2D eigenvalue weighted by molar-refractivity contribution is 0.581. The standard InChI is InChI=1S/C16H22FN5/c1-4-13(21-16-20-11(3)19-15(18)22-16)7-6-12-9-10(2)5-8-14(12)17/h5,8-9,13H,4,6-7H2,1-3H3,(H3,18,19,20,21,22). The Morgan fingerprint density at radius 3 is 2.68 bits per heavy atom. The second-order valence-electron chi connectivity index (χ2n) is 5.45. The number of aromatic nitrogens is 3. The van der Waals surface area contributed by atoms with Crippen LogP contribution in [0.4, 0.5) is 16.3 Å². The molecule has 0 aliphatic carbocycles. The van der Waals surface area contributed by atoms with E-state index in [1.54, 1.807) is 13.0 Å². The number of hydrogen-bond acceptors (Lipinski definition) is 5. The molecule has 118 valence electrons. The highest BCUT2D eigenvalue weighted by atomic mass is 19.1. The van der Waals surface area contributed by atoms with Crippen molar-refractivity contribution in [2.24, 2.45) is 0 Å². The number of halogens is 1. The maximum absolute atomic E-state index is 13.8. The third-order valence-corrected chi connectivity index (χ3v) is 3.55. The summed E-state index contributed by atoms with van der Waals surface area (Å²) in [5.74, 6) is 1.10. The zero-order valence-electron chi connectivity index (χ0n) is 13.2. The van der Waals surface area contributed by atoms with Gasteiger partial charge < -0.3 is 11.1 Å². The summed E-state index contributed by atoms with van der Waals surface area (Å²) in [4.78, 5) is 12.2. The van der Waals surface area contributed by atoms with Crippen LogP contribution in [-0.2, 0) is 6.42 Å². The third kappa shape index (κ3) is 4.38. The quantitative estimate of drug-likeness (QED) is 0.857. The molecule has 0 amide bonds. The molecule has 0 spiro atoms. The SMILES string of the molecule is CCC(CCc1cc(C)ccc1F)Nc1nc(C)nc(N)n1. The number of benzene rings is 1. The molecule has 1 aromatic carbocycles. The fraction of sp³-hybridized carbons (Fsp3) is 0.438. The van der Waals surface area contributed by atoms with Gasteiger partial charge in [-0.3, -0.25) is 0 Å². The van der Waals surface area contributed by atoms with Crippen LogP contribution in [0.15, 0.2) is 18.2 Å². The largest absolute Gasteiger partial charge is 0.368 e. The fourth-order valence-electron chi connectivity index (χ4n) is 2.35. The molecule has 1 heterocycles. The summed E-state index contributed by atoms with van der Waals surface area (Å²) < 4.78 is 13.8. The molecular formula is C16H22FN5. The predicted molar refractivity (Wildman–Crippen MR) is 86.1 cm³/mol. The first kappa shape index (κ1) is 16.1. The number of rotatable bonds is 6. The van der Waals surface area contributed by atoms with Gasteiger partial charge in [0.1, 0.15) is 11.6 Å². The molecule has 0 aliphatic heterocycles. The zero-order valence-corrected chi connectivity index (χ0v) is 13.2. The Bertz CT molecular complexity index is 624. The first-order valence-corrected chi connectivity index (χ1v) is 7.47. The molecule has 1 unspecified atom stereocenters. The lowest BCUT2D eigenvalue weighted by Gasteiger charge is -2.17. The van der Waals surface area contributed by atoms with E-state index < -0.39 is 0 Å². The molecule has 2 aromatic rings. The van der Waals surface area contributed by atoms with Gasteiger partial charge >= 0.3 is 0 Å². The number of nitrogens with zero attached hydrogens (tertiary/aromatic N) is 3. The van der Waals surface area contributed by atoms with Crippen molar-refractivity contribution < 1.29 is 4.39 Å². The third-order valence-electron chi connectivity index (χ3n) is 3.55. The van der Waals surface area contributed by atoms with Gasteiger partial charge in [-0.2, -0.15) is 15.0 Å². The van der Waals surface area contributed by atoms with Crippen LogP contribution in [0.3, 0.4) is 0 Å². The first-order valence-electron chi connectivity index (χ1n) is 7.47. The van der Waals surface area contributed by atoms with Gasteiger partial charge in [0.15, 0.2) is 0 Å².